The van der Waals surface area contributed by atoms with Crippen LogP contribution in [0.25, 0.3) is 0 Å². The Morgan fingerprint density at radius 2 is 2.22 bits per heavy atom. The molecule has 0 spiro atoms. The summed E-state index contributed by atoms with van der Waals surface area (Å²) in [5.74, 6) is -0.295. The molecule has 1 nitrogen and oxygen atoms in total. The van der Waals surface area contributed by atoms with E-state index in [2.05, 4.69) is 0 Å². The van der Waals surface area contributed by atoms with E-state index in [4.69, 9.17) is 5.41 Å². The average molecular weight is 123 g/mol. The van der Waals surface area contributed by atoms with E-state index in [-0.39, 0.29) is 5.82 Å². The quantitative estimate of drug-likeness (QED) is 0.551. The number of halogens is 1. The fourth-order valence-electron chi connectivity index (χ4n) is 0.596. The molecule has 0 aliphatic rings. The van der Waals surface area contributed by atoms with Crippen LogP contribution >= 0.6 is 0 Å². The van der Waals surface area contributed by atoms with Gasteiger partial charge in [0.05, 0.1) is 0 Å². The van der Waals surface area contributed by atoms with E-state index >= 15 is 0 Å². The van der Waals surface area contributed by atoms with Gasteiger partial charge < -0.3 is 5.41 Å². The molecule has 0 saturated heterocycles. The molecule has 0 heterocycles. The van der Waals surface area contributed by atoms with Gasteiger partial charge in [0.15, 0.2) is 0 Å². The Hall–Kier alpha value is -1.18. The van der Waals surface area contributed by atoms with Crippen LogP contribution in [0.1, 0.15) is 5.56 Å². The standard InChI is InChI=1S/C7H6FN/c8-7-3-1-2-6(4-7)5-9/h1-5,9H. The fourth-order valence-corrected chi connectivity index (χ4v) is 0.596. The van der Waals surface area contributed by atoms with Crippen molar-refractivity contribution in [2.24, 2.45) is 0 Å². The molecule has 1 aromatic carbocycles. The third-order valence-corrected chi connectivity index (χ3v) is 1.02. The highest BCUT2D eigenvalue weighted by molar-refractivity contribution is 5.76. The molecule has 1 rings (SSSR count). The van der Waals surface area contributed by atoms with Crippen molar-refractivity contribution in [3.63, 3.8) is 0 Å². The van der Waals surface area contributed by atoms with Crippen molar-refractivity contribution < 1.29 is 4.39 Å². The number of benzene rings is 1. The summed E-state index contributed by atoms with van der Waals surface area (Å²) in [7, 11) is 0. The highest BCUT2D eigenvalue weighted by atomic mass is 19.1. The molecule has 0 amide bonds. The molecule has 0 bridgehead atoms. The molecule has 0 atom stereocenters. The van der Waals surface area contributed by atoms with Gasteiger partial charge in [-0.3, -0.25) is 0 Å². The third kappa shape index (κ3) is 1.35. The molecule has 2 heteroatoms. The van der Waals surface area contributed by atoms with Gasteiger partial charge in [-0.1, -0.05) is 12.1 Å². The van der Waals surface area contributed by atoms with Crippen LogP contribution in [0.15, 0.2) is 24.3 Å². The minimum Gasteiger partial charge on any atom is -0.308 e. The Morgan fingerprint density at radius 3 is 2.67 bits per heavy atom. The number of rotatable bonds is 1. The van der Waals surface area contributed by atoms with Gasteiger partial charge >= 0.3 is 0 Å². The van der Waals surface area contributed by atoms with E-state index in [0.29, 0.717) is 5.56 Å². The Kier molecular flexibility index (Phi) is 1.58. The summed E-state index contributed by atoms with van der Waals surface area (Å²) in [6, 6.07) is 5.92. The molecule has 0 radical (unpaired) electrons. The minimum absolute atomic E-state index is 0.295. The first-order chi connectivity index (χ1) is 4.33. The summed E-state index contributed by atoms with van der Waals surface area (Å²) < 4.78 is 12.3. The molecule has 0 aliphatic heterocycles. The second-order valence-electron chi connectivity index (χ2n) is 1.70. The smallest absolute Gasteiger partial charge is 0.123 e. The predicted molar refractivity (Wildman–Crippen MR) is 34.3 cm³/mol. The van der Waals surface area contributed by atoms with Crippen molar-refractivity contribution in [2.45, 2.75) is 0 Å². The zero-order valence-corrected chi connectivity index (χ0v) is 4.76. The molecular weight excluding hydrogens is 117 g/mol. The maximum absolute atomic E-state index is 12.3. The van der Waals surface area contributed by atoms with Crippen LogP contribution in [0, 0.1) is 11.2 Å². The first-order valence-electron chi connectivity index (χ1n) is 2.59. The molecule has 0 unspecified atom stereocenters. The van der Waals surface area contributed by atoms with E-state index in [1.807, 2.05) is 0 Å². The van der Waals surface area contributed by atoms with Gasteiger partial charge in [-0.05, 0) is 17.7 Å². The zero-order valence-electron chi connectivity index (χ0n) is 4.76. The van der Waals surface area contributed by atoms with Crippen LogP contribution in [0.2, 0.25) is 0 Å². The summed E-state index contributed by atoms with van der Waals surface area (Å²) in [5.41, 5.74) is 0.593. The topological polar surface area (TPSA) is 23.9 Å². The molecule has 0 fully saturated rings. The summed E-state index contributed by atoms with van der Waals surface area (Å²) in [4.78, 5) is 0. The van der Waals surface area contributed by atoms with E-state index in [1.165, 1.54) is 12.1 Å². The molecule has 0 saturated carbocycles. The second kappa shape index (κ2) is 2.40. The Labute approximate surface area is 52.6 Å². The first kappa shape index (κ1) is 5.95. The van der Waals surface area contributed by atoms with Gasteiger partial charge in [0, 0.05) is 6.21 Å². The largest absolute Gasteiger partial charge is 0.308 e. The highest BCUT2D eigenvalue weighted by Crippen LogP contribution is 1.99. The SMILES string of the molecule is N=Cc1cccc(F)c1. The zero-order chi connectivity index (χ0) is 6.69. The Morgan fingerprint density at radius 1 is 1.44 bits per heavy atom. The molecule has 0 aromatic heterocycles. The van der Waals surface area contributed by atoms with E-state index in [1.54, 1.807) is 12.1 Å². The van der Waals surface area contributed by atoms with Crippen molar-refractivity contribution in [1.29, 1.82) is 5.41 Å². The van der Waals surface area contributed by atoms with Crippen molar-refractivity contribution in [2.75, 3.05) is 0 Å². The third-order valence-electron chi connectivity index (χ3n) is 1.02. The molecule has 1 N–H and O–H groups in total. The van der Waals surface area contributed by atoms with Crippen LogP contribution in [0.3, 0.4) is 0 Å². The lowest BCUT2D eigenvalue weighted by atomic mass is 10.2. The maximum Gasteiger partial charge on any atom is 0.123 e. The summed E-state index contributed by atoms with van der Waals surface area (Å²) >= 11 is 0. The van der Waals surface area contributed by atoms with Gasteiger partial charge in [-0.15, -0.1) is 0 Å². The van der Waals surface area contributed by atoms with Crippen LogP contribution in [0.4, 0.5) is 4.39 Å². The highest BCUT2D eigenvalue weighted by Gasteiger charge is 1.87. The number of hydrogen-bond donors (Lipinski definition) is 1. The summed E-state index contributed by atoms with van der Waals surface area (Å²) in [6.07, 6.45) is 1.11. The average Bonchev–Trinajstić information content (AvgIpc) is 1.88. The van der Waals surface area contributed by atoms with Crippen LogP contribution in [0.5, 0.6) is 0 Å². The van der Waals surface area contributed by atoms with Crippen molar-refractivity contribution in [3.05, 3.63) is 35.6 Å². The molecule has 1 aromatic rings. The normalized spacial score (nSPS) is 9.00. The maximum atomic E-state index is 12.3. The van der Waals surface area contributed by atoms with Crippen molar-refractivity contribution in [1.82, 2.24) is 0 Å². The Balaban J connectivity index is 3.07. The predicted octanol–water partition coefficient (Wildman–Crippen LogP) is 1.82. The first-order valence-corrected chi connectivity index (χ1v) is 2.59. The lowest BCUT2D eigenvalue weighted by Crippen LogP contribution is -1.79. The van der Waals surface area contributed by atoms with E-state index < -0.39 is 0 Å². The van der Waals surface area contributed by atoms with Crippen molar-refractivity contribution in [3.8, 4) is 0 Å². The second-order valence-corrected chi connectivity index (χ2v) is 1.70. The molecule has 0 aliphatic carbocycles. The van der Waals surface area contributed by atoms with Crippen LogP contribution < -0.4 is 0 Å². The lowest BCUT2D eigenvalue weighted by Gasteiger charge is -1.88. The number of hydrogen-bond acceptors (Lipinski definition) is 1. The van der Waals surface area contributed by atoms with Crippen LogP contribution in [-0.2, 0) is 0 Å². The summed E-state index contributed by atoms with van der Waals surface area (Å²) in [6.45, 7) is 0. The van der Waals surface area contributed by atoms with E-state index in [9.17, 15) is 4.39 Å². The Bertz CT molecular complexity index is 220. The molecular formula is C7H6FN. The summed E-state index contributed by atoms with van der Waals surface area (Å²) in [5, 5.41) is 6.75. The van der Waals surface area contributed by atoms with Gasteiger partial charge in [-0.25, -0.2) is 4.39 Å². The minimum atomic E-state index is -0.295. The van der Waals surface area contributed by atoms with Crippen LogP contribution in [-0.4, -0.2) is 6.21 Å². The van der Waals surface area contributed by atoms with Gasteiger partial charge in [0.25, 0.3) is 0 Å². The lowest BCUT2D eigenvalue weighted by molar-refractivity contribution is 0.627. The van der Waals surface area contributed by atoms with Crippen molar-refractivity contribution >= 4 is 6.21 Å². The van der Waals surface area contributed by atoms with Gasteiger partial charge in [0.2, 0.25) is 0 Å². The monoisotopic (exact) mass is 123 g/mol. The number of nitrogens with one attached hydrogen (secondary N) is 1. The molecule has 9 heavy (non-hydrogen) atoms. The fraction of sp³-hybridized carbons (Fsp3) is 0. The van der Waals surface area contributed by atoms with Gasteiger partial charge in [0.1, 0.15) is 5.82 Å². The molecule has 46 valence electrons. The van der Waals surface area contributed by atoms with E-state index in [0.717, 1.165) is 6.21 Å². The van der Waals surface area contributed by atoms with Gasteiger partial charge in [-0.2, -0.15) is 0 Å².